The summed E-state index contributed by atoms with van der Waals surface area (Å²) in [6.45, 7) is 1.84. The number of carbonyl (C=O) groups excluding carboxylic acids is 1. The molecular formula is C24H23N2O3P. The van der Waals surface area contributed by atoms with Crippen LogP contribution in [-0.4, -0.2) is 12.6 Å². The first-order valence-electron chi connectivity index (χ1n) is 9.67. The highest BCUT2D eigenvalue weighted by molar-refractivity contribution is 7.77. The number of esters is 1. The average molecular weight is 418 g/mol. The summed E-state index contributed by atoms with van der Waals surface area (Å²) in [6, 6.07) is 28.8. The van der Waals surface area contributed by atoms with Gasteiger partial charge in [0.25, 0.3) is 0 Å². The molecule has 0 amide bonds. The van der Waals surface area contributed by atoms with E-state index in [1.165, 1.54) is 0 Å². The quantitative estimate of drug-likeness (QED) is 0.444. The summed E-state index contributed by atoms with van der Waals surface area (Å²) in [5, 5.41) is 13.8. The van der Waals surface area contributed by atoms with Crippen molar-refractivity contribution in [1.29, 1.82) is 5.26 Å². The van der Waals surface area contributed by atoms with Crippen LogP contribution in [0.15, 0.2) is 91.0 Å². The molecular weight excluding hydrogens is 395 g/mol. The topological polar surface area (TPSA) is 79.2 Å². The predicted octanol–water partition coefficient (Wildman–Crippen LogP) is 3.88. The fourth-order valence-electron chi connectivity index (χ4n) is 3.36. The van der Waals surface area contributed by atoms with Gasteiger partial charge in [0.05, 0.1) is 19.1 Å². The van der Waals surface area contributed by atoms with Crippen LogP contribution in [0.3, 0.4) is 0 Å². The molecule has 1 N–H and O–H groups in total. The SMILES string of the molecule is CCOC(=O)[C@](CC#N)(NP(=O)(c1ccccc1)c1ccccc1)c1ccccc1. The minimum absolute atomic E-state index is 0.140. The zero-order valence-electron chi connectivity index (χ0n) is 16.7. The highest BCUT2D eigenvalue weighted by Gasteiger charge is 2.47. The lowest BCUT2D eigenvalue weighted by molar-refractivity contribution is -0.150. The van der Waals surface area contributed by atoms with Crippen molar-refractivity contribution in [2.75, 3.05) is 6.61 Å². The molecule has 0 aliphatic rings. The normalized spacial score (nSPS) is 13.1. The van der Waals surface area contributed by atoms with E-state index < -0.39 is 18.8 Å². The van der Waals surface area contributed by atoms with Gasteiger partial charge in [-0.25, -0.2) is 9.88 Å². The second-order valence-corrected chi connectivity index (χ2v) is 9.19. The summed E-state index contributed by atoms with van der Waals surface area (Å²) >= 11 is 0. The Kier molecular flexibility index (Phi) is 6.84. The molecule has 0 aromatic heterocycles. The Bertz CT molecular complexity index is 1020. The lowest BCUT2D eigenvalue weighted by Gasteiger charge is -2.35. The summed E-state index contributed by atoms with van der Waals surface area (Å²) in [7, 11) is -3.52. The van der Waals surface area contributed by atoms with Crippen LogP contribution in [0, 0.1) is 11.3 Å². The third kappa shape index (κ3) is 4.21. The third-order valence-corrected chi connectivity index (χ3v) is 7.57. The van der Waals surface area contributed by atoms with Gasteiger partial charge in [0.15, 0.2) is 5.54 Å². The minimum Gasteiger partial charge on any atom is -0.464 e. The smallest absolute Gasteiger partial charge is 0.332 e. The van der Waals surface area contributed by atoms with Crippen molar-refractivity contribution in [3.05, 3.63) is 96.6 Å². The van der Waals surface area contributed by atoms with Crippen molar-refractivity contribution in [3.8, 4) is 6.07 Å². The van der Waals surface area contributed by atoms with Gasteiger partial charge in [-0.3, -0.25) is 4.57 Å². The van der Waals surface area contributed by atoms with E-state index in [9.17, 15) is 14.6 Å². The molecule has 0 saturated heterocycles. The van der Waals surface area contributed by atoms with Crippen molar-refractivity contribution in [2.24, 2.45) is 0 Å². The van der Waals surface area contributed by atoms with Crippen LogP contribution in [0.1, 0.15) is 18.9 Å². The summed E-state index contributed by atoms with van der Waals surface area (Å²) in [5.74, 6) is -0.634. The lowest BCUT2D eigenvalue weighted by atomic mass is 9.88. The van der Waals surface area contributed by atoms with Crippen molar-refractivity contribution in [1.82, 2.24) is 5.09 Å². The molecule has 0 spiro atoms. The Morgan fingerprint density at radius 3 is 1.83 bits per heavy atom. The van der Waals surface area contributed by atoms with Crippen LogP contribution >= 0.6 is 7.29 Å². The van der Waals surface area contributed by atoms with Gasteiger partial charge >= 0.3 is 5.97 Å². The summed E-state index contributed by atoms with van der Waals surface area (Å²) in [4.78, 5) is 13.2. The van der Waals surface area contributed by atoms with Crippen molar-refractivity contribution in [2.45, 2.75) is 18.9 Å². The van der Waals surface area contributed by atoms with E-state index >= 15 is 0 Å². The Morgan fingerprint density at radius 1 is 0.933 bits per heavy atom. The van der Waals surface area contributed by atoms with Crippen molar-refractivity contribution in [3.63, 3.8) is 0 Å². The van der Waals surface area contributed by atoms with Gasteiger partial charge in [0, 0.05) is 10.6 Å². The van der Waals surface area contributed by atoms with E-state index in [4.69, 9.17) is 4.74 Å². The number of nitriles is 1. The van der Waals surface area contributed by atoms with Gasteiger partial charge in [-0.15, -0.1) is 0 Å². The summed E-state index contributed by atoms with van der Waals surface area (Å²) in [6.07, 6.45) is -0.237. The van der Waals surface area contributed by atoms with Crippen LogP contribution < -0.4 is 15.7 Å². The largest absolute Gasteiger partial charge is 0.464 e. The highest BCUT2D eigenvalue weighted by Crippen LogP contribution is 2.45. The predicted molar refractivity (Wildman–Crippen MR) is 118 cm³/mol. The zero-order valence-corrected chi connectivity index (χ0v) is 17.6. The number of rotatable bonds is 8. The molecule has 152 valence electrons. The molecule has 0 unspecified atom stereocenters. The van der Waals surface area contributed by atoms with Crippen LogP contribution in [0.4, 0.5) is 0 Å². The fourth-order valence-corrected chi connectivity index (χ4v) is 5.94. The molecule has 0 saturated carbocycles. The number of nitrogens with one attached hydrogen (secondary N) is 1. The molecule has 1 atom stereocenters. The van der Waals surface area contributed by atoms with Gasteiger partial charge in [0.2, 0.25) is 7.29 Å². The van der Waals surface area contributed by atoms with E-state index in [1.807, 2.05) is 18.2 Å². The van der Waals surface area contributed by atoms with Gasteiger partial charge in [-0.2, -0.15) is 5.26 Å². The van der Waals surface area contributed by atoms with Gasteiger partial charge in [-0.1, -0.05) is 66.7 Å². The van der Waals surface area contributed by atoms with E-state index in [0.29, 0.717) is 16.2 Å². The maximum atomic E-state index is 14.6. The van der Waals surface area contributed by atoms with E-state index in [0.717, 1.165) is 0 Å². The van der Waals surface area contributed by atoms with Crippen LogP contribution in [0.2, 0.25) is 0 Å². The second kappa shape index (κ2) is 9.54. The molecule has 0 fully saturated rings. The van der Waals surface area contributed by atoms with Gasteiger partial charge in [0.1, 0.15) is 0 Å². The first-order valence-corrected chi connectivity index (χ1v) is 11.4. The average Bonchev–Trinajstić information content (AvgIpc) is 2.80. The molecule has 3 aromatic carbocycles. The molecule has 0 bridgehead atoms. The highest BCUT2D eigenvalue weighted by atomic mass is 31.2. The Morgan fingerprint density at radius 2 is 1.40 bits per heavy atom. The first kappa shape index (κ1) is 21.5. The van der Waals surface area contributed by atoms with Crippen LogP contribution in [0.5, 0.6) is 0 Å². The maximum absolute atomic E-state index is 14.6. The van der Waals surface area contributed by atoms with Gasteiger partial charge < -0.3 is 4.74 Å². The van der Waals surface area contributed by atoms with Gasteiger partial charge in [-0.05, 0) is 36.8 Å². The maximum Gasteiger partial charge on any atom is 0.332 e. The third-order valence-electron chi connectivity index (χ3n) is 4.82. The molecule has 0 aliphatic carbocycles. The lowest BCUT2D eigenvalue weighted by Crippen LogP contribution is -2.51. The number of hydrogen-bond acceptors (Lipinski definition) is 4. The monoisotopic (exact) mass is 418 g/mol. The van der Waals surface area contributed by atoms with E-state index in [-0.39, 0.29) is 13.0 Å². The Hall–Kier alpha value is -3.19. The number of hydrogen-bond donors (Lipinski definition) is 1. The standard InChI is InChI=1S/C24H23N2O3P/c1-2-29-23(27)24(18-19-25,20-12-6-3-7-13-20)26-30(28,21-14-8-4-9-15-21)22-16-10-5-11-17-22/h3-17H,2,18H2,1H3,(H,26,28)/t24-/m1/s1. The molecule has 6 heteroatoms. The Labute approximate surface area is 176 Å². The molecule has 3 rings (SSSR count). The molecule has 0 aliphatic heterocycles. The van der Waals surface area contributed by atoms with Crippen LogP contribution in [-0.2, 0) is 19.6 Å². The first-order chi connectivity index (χ1) is 14.6. The molecule has 0 heterocycles. The van der Waals surface area contributed by atoms with Crippen molar-refractivity contribution >= 4 is 23.9 Å². The van der Waals surface area contributed by atoms with Crippen molar-refractivity contribution < 1.29 is 14.1 Å². The number of carbonyl (C=O) groups is 1. The summed E-state index contributed by atoms with van der Waals surface area (Å²) in [5.41, 5.74) is -1.06. The van der Waals surface area contributed by atoms with Crippen LogP contribution in [0.25, 0.3) is 0 Å². The number of nitrogens with zero attached hydrogens (tertiary/aromatic N) is 1. The summed E-state index contributed by atoms with van der Waals surface area (Å²) < 4.78 is 19.9. The Balaban J connectivity index is 2.25. The van der Waals surface area contributed by atoms with E-state index in [1.54, 1.807) is 79.7 Å². The zero-order chi connectivity index (χ0) is 21.5. The fraction of sp³-hybridized carbons (Fsp3) is 0.167. The second-order valence-electron chi connectivity index (χ2n) is 6.72. The molecule has 3 aromatic rings. The number of ether oxygens (including phenoxy) is 1. The number of benzene rings is 3. The minimum atomic E-state index is -3.52. The molecule has 30 heavy (non-hydrogen) atoms. The van der Waals surface area contributed by atoms with E-state index in [2.05, 4.69) is 11.2 Å². The molecule has 5 nitrogen and oxygen atoms in total. The molecule has 0 radical (unpaired) electrons.